The first-order valence-electron chi connectivity index (χ1n) is 6.67. The van der Waals surface area contributed by atoms with Crippen LogP contribution in [0, 0.1) is 13.8 Å². The molecule has 0 aromatic heterocycles. The van der Waals surface area contributed by atoms with Crippen LogP contribution < -0.4 is 4.74 Å². The highest BCUT2D eigenvalue weighted by molar-refractivity contribution is 5.50. The Hall–Kier alpha value is -2.02. The van der Waals surface area contributed by atoms with Crippen LogP contribution in [-0.2, 0) is 0 Å². The van der Waals surface area contributed by atoms with Crippen LogP contribution >= 0.6 is 0 Å². The lowest BCUT2D eigenvalue weighted by Crippen LogP contribution is -2.09. The van der Waals surface area contributed by atoms with Crippen molar-refractivity contribution in [1.29, 1.82) is 0 Å². The summed E-state index contributed by atoms with van der Waals surface area (Å²) >= 11 is 0. The van der Waals surface area contributed by atoms with Gasteiger partial charge in [-0.2, -0.15) is 0 Å². The molecule has 1 aliphatic rings. The van der Waals surface area contributed by atoms with Crippen molar-refractivity contribution in [3.63, 3.8) is 0 Å². The molecule has 0 amide bonds. The third kappa shape index (κ3) is 2.28. The maximum absolute atomic E-state index is 5.82. The third-order valence-electron chi connectivity index (χ3n) is 3.61. The van der Waals surface area contributed by atoms with Gasteiger partial charge in [0.1, 0.15) is 5.75 Å². The van der Waals surface area contributed by atoms with Gasteiger partial charge in [-0.3, -0.25) is 0 Å². The van der Waals surface area contributed by atoms with Crippen molar-refractivity contribution in [1.82, 2.24) is 0 Å². The molecule has 1 heteroatoms. The van der Waals surface area contributed by atoms with Gasteiger partial charge in [0, 0.05) is 11.5 Å². The molecular weight excluding hydrogens is 232 g/mol. The molecular formula is C18H18O. The van der Waals surface area contributed by atoms with E-state index in [0.717, 1.165) is 11.5 Å². The molecule has 1 unspecified atom stereocenters. The summed E-state index contributed by atoms with van der Waals surface area (Å²) in [4.78, 5) is 0. The smallest absolute Gasteiger partial charge is 0.131 e. The van der Waals surface area contributed by atoms with E-state index in [9.17, 15) is 0 Å². The number of ether oxygens (including phenoxy) is 1. The Labute approximate surface area is 114 Å². The van der Waals surface area contributed by atoms with Crippen molar-refractivity contribution in [2.24, 2.45) is 0 Å². The van der Waals surface area contributed by atoms with Crippen LogP contribution in [0.5, 0.6) is 5.75 Å². The highest BCUT2D eigenvalue weighted by atomic mass is 16.5. The van der Waals surface area contributed by atoms with E-state index in [-0.39, 0.29) is 0 Å². The van der Waals surface area contributed by atoms with Crippen molar-refractivity contribution in [2.45, 2.75) is 26.7 Å². The SMILES string of the molecule is CC1=CC(c2ccc(C)cc2)c2cc(C)ccc2O1. The Morgan fingerprint density at radius 1 is 0.842 bits per heavy atom. The van der Waals surface area contributed by atoms with Gasteiger partial charge >= 0.3 is 0 Å². The monoisotopic (exact) mass is 250 g/mol. The van der Waals surface area contributed by atoms with Crippen molar-refractivity contribution < 1.29 is 4.74 Å². The van der Waals surface area contributed by atoms with Crippen LogP contribution in [0.3, 0.4) is 0 Å². The highest BCUT2D eigenvalue weighted by Crippen LogP contribution is 2.38. The zero-order valence-electron chi connectivity index (χ0n) is 11.6. The Morgan fingerprint density at radius 3 is 2.26 bits per heavy atom. The van der Waals surface area contributed by atoms with E-state index < -0.39 is 0 Å². The number of benzene rings is 2. The van der Waals surface area contributed by atoms with Crippen LogP contribution in [0.4, 0.5) is 0 Å². The van der Waals surface area contributed by atoms with Gasteiger partial charge in [0.25, 0.3) is 0 Å². The molecule has 0 N–H and O–H groups in total. The van der Waals surface area contributed by atoms with E-state index in [1.165, 1.54) is 22.3 Å². The summed E-state index contributed by atoms with van der Waals surface area (Å²) in [5.41, 5.74) is 5.14. The van der Waals surface area contributed by atoms with Crippen LogP contribution in [0.25, 0.3) is 0 Å². The normalized spacial score (nSPS) is 17.4. The molecule has 1 heterocycles. The second-order valence-electron chi connectivity index (χ2n) is 5.31. The van der Waals surface area contributed by atoms with Gasteiger partial charge in [0.15, 0.2) is 0 Å². The number of allylic oxidation sites excluding steroid dienone is 2. The average Bonchev–Trinajstić information content (AvgIpc) is 2.39. The van der Waals surface area contributed by atoms with Crippen LogP contribution in [0.1, 0.15) is 35.1 Å². The van der Waals surface area contributed by atoms with Crippen molar-refractivity contribution >= 4 is 0 Å². The highest BCUT2D eigenvalue weighted by Gasteiger charge is 2.21. The fourth-order valence-corrected chi connectivity index (χ4v) is 2.59. The topological polar surface area (TPSA) is 9.23 Å². The Bertz CT molecular complexity index is 635. The predicted molar refractivity (Wildman–Crippen MR) is 78.6 cm³/mol. The van der Waals surface area contributed by atoms with Gasteiger partial charge in [-0.05, 0) is 38.5 Å². The van der Waals surface area contributed by atoms with Crippen molar-refractivity contribution in [3.8, 4) is 5.75 Å². The minimum Gasteiger partial charge on any atom is -0.462 e. The quantitative estimate of drug-likeness (QED) is 0.711. The lowest BCUT2D eigenvalue weighted by molar-refractivity contribution is 0.407. The van der Waals surface area contributed by atoms with Gasteiger partial charge in [-0.15, -0.1) is 0 Å². The molecule has 0 saturated carbocycles. The summed E-state index contributed by atoms with van der Waals surface area (Å²) in [5, 5.41) is 0. The molecule has 2 aromatic rings. The molecule has 96 valence electrons. The third-order valence-corrected chi connectivity index (χ3v) is 3.61. The second kappa shape index (κ2) is 4.58. The molecule has 1 nitrogen and oxygen atoms in total. The standard InChI is InChI=1S/C18H18O/c1-12-4-7-15(8-5-12)16-11-14(3)19-18-9-6-13(2)10-17(16)18/h4-11,16H,1-3H3. The van der Waals surface area contributed by atoms with Gasteiger partial charge < -0.3 is 4.74 Å². The van der Waals surface area contributed by atoms with Crippen LogP contribution in [0.15, 0.2) is 54.3 Å². The van der Waals surface area contributed by atoms with Crippen molar-refractivity contribution in [3.05, 3.63) is 76.6 Å². The molecule has 2 aromatic carbocycles. The predicted octanol–water partition coefficient (Wildman–Crippen LogP) is 4.73. The van der Waals surface area contributed by atoms with E-state index in [2.05, 4.69) is 62.4 Å². The zero-order valence-corrected chi connectivity index (χ0v) is 11.6. The zero-order chi connectivity index (χ0) is 13.4. The summed E-state index contributed by atoms with van der Waals surface area (Å²) in [7, 11) is 0. The Balaban J connectivity index is 2.12. The van der Waals surface area contributed by atoms with E-state index in [4.69, 9.17) is 4.74 Å². The molecule has 19 heavy (non-hydrogen) atoms. The van der Waals surface area contributed by atoms with E-state index in [1.54, 1.807) is 0 Å². The molecule has 1 aliphatic heterocycles. The first-order valence-corrected chi connectivity index (χ1v) is 6.67. The fraction of sp³-hybridized carbons (Fsp3) is 0.222. The summed E-state index contributed by atoms with van der Waals surface area (Å²) in [6.07, 6.45) is 2.20. The number of hydrogen-bond donors (Lipinski definition) is 0. The molecule has 0 aliphatic carbocycles. The molecule has 0 radical (unpaired) electrons. The van der Waals surface area contributed by atoms with Gasteiger partial charge in [0.05, 0.1) is 5.76 Å². The molecule has 0 fully saturated rings. The van der Waals surface area contributed by atoms with Gasteiger partial charge in [0.2, 0.25) is 0 Å². The summed E-state index contributed by atoms with van der Waals surface area (Å²) in [6, 6.07) is 15.2. The number of fused-ring (bicyclic) bond motifs is 1. The molecule has 0 bridgehead atoms. The maximum atomic E-state index is 5.82. The average molecular weight is 250 g/mol. The molecule has 3 rings (SSSR count). The van der Waals surface area contributed by atoms with E-state index in [0.29, 0.717) is 5.92 Å². The van der Waals surface area contributed by atoms with Gasteiger partial charge in [-0.1, -0.05) is 47.5 Å². The lowest BCUT2D eigenvalue weighted by atomic mass is 9.87. The molecule has 1 atom stereocenters. The Morgan fingerprint density at radius 2 is 1.53 bits per heavy atom. The lowest BCUT2D eigenvalue weighted by Gasteiger charge is -2.24. The van der Waals surface area contributed by atoms with E-state index >= 15 is 0 Å². The Kier molecular flexibility index (Phi) is 2.90. The summed E-state index contributed by atoms with van der Waals surface area (Å²) in [6.45, 7) is 6.26. The summed E-state index contributed by atoms with van der Waals surface area (Å²) < 4.78 is 5.82. The molecule has 0 saturated heterocycles. The van der Waals surface area contributed by atoms with Crippen LogP contribution in [0.2, 0.25) is 0 Å². The van der Waals surface area contributed by atoms with Crippen molar-refractivity contribution in [2.75, 3.05) is 0 Å². The number of aryl methyl sites for hydroxylation is 2. The minimum absolute atomic E-state index is 0.296. The summed E-state index contributed by atoms with van der Waals surface area (Å²) in [5.74, 6) is 2.25. The van der Waals surface area contributed by atoms with Gasteiger partial charge in [-0.25, -0.2) is 0 Å². The second-order valence-corrected chi connectivity index (χ2v) is 5.31. The first kappa shape index (κ1) is 12.0. The maximum Gasteiger partial charge on any atom is 0.131 e. The minimum atomic E-state index is 0.296. The van der Waals surface area contributed by atoms with E-state index in [1.807, 2.05) is 6.92 Å². The number of hydrogen-bond acceptors (Lipinski definition) is 1. The molecule has 0 spiro atoms. The fourth-order valence-electron chi connectivity index (χ4n) is 2.59. The first-order chi connectivity index (χ1) is 9.13. The largest absolute Gasteiger partial charge is 0.462 e. The van der Waals surface area contributed by atoms with Crippen LogP contribution in [-0.4, -0.2) is 0 Å². The number of rotatable bonds is 1.